The number of hydrogen-bond acceptors (Lipinski definition) is 6. The number of nitrogens with one attached hydrogen (secondary N) is 2. The number of rotatable bonds is 7. The van der Waals surface area contributed by atoms with Crippen LogP contribution in [0.5, 0.6) is 5.75 Å². The summed E-state index contributed by atoms with van der Waals surface area (Å²) in [6.07, 6.45) is 0.724. The van der Waals surface area contributed by atoms with Crippen molar-refractivity contribution in [3.8, 4) is 16.9 Å². The van der Waals surface area contributed by atoms with Gasteiger partial charge in [0.2, 0.25) is 0 Å². The first-order valence-corrected chi connectivity index (χ1v) is 11.0. The zero-order valence-corrected chi connectivity index (χ0v) is 18.1. The molecule has 0 unspecified atom stereocenters. The third kappa shape index (κ3) is 4.19. The van der Waals surface area contributed by atoms with Crippen molar-refractivity contribution in [1.82, 2.24) is 15.3 Å². The van der Waals surface area contributed by atoms with Crippen LogP contribution in [0.1, 0.15) is 29.4 Å². The molecular weight excluding hydrogens is 431 g/mol. The number of aromatic nitrogens is 2. The highest BCUT2D eigenvalue weighted by Crippen LogP contribution is 2.34. The van der Waals surface area contributed by atoms with Crippen LogP contribution >= 0.6 is 11.3 Å². The summed E-state index contributed by atoms with van der Waals surface area (Å²) in [5.74, 6) is -0.568. The van der Waals surface area contributed by atoms with Crippen molar-refractivity contribution in [2.45, 2.75) is 20.0 Å². The number of aromatic amines is 1. The highest BCUT2D eigenvalue weighted by atomic mass is 32.1. The van der Waals surface area contributed by atoms with Crippen LogP contribution in [0.2, 0.25) is 0 Å². The molecule has 32 heavy (non-hydrogen) atoms. The van der Waals surface area contributed by atoms with Crippen LogP contribution < -0.4 is 21.3 Å². The standard InChI is InChI=1S/C23H21FN4O3S/c1-2-8-26-22(29)19-20(25)16-5-3-4-15(21(16)28-23(19)30)17-9-14(6-7-18(17)24)31-10-13-11-32-12-27-13/h3-7,9,11-12H,2,8,10H2,1H3,(H,26,29)(H3,25,28,30). The Morgan fingerprint density at radius 2 is 2.12 bits per heavy atom. The minimum absolute atomic E-state index is 0.0514. The Morgan fingerprint density at radius 1 is 1.28 bits per heavy atom. The molecule has 4 rings (SSSR count). The summed E-state index contributed by atoms with van der Waals surface area (Å²) in [5, 5.41) is 4.99. The Hall–Kier alpha value is -3.72. The Morgan fingerprint density at radius 3 is 2.88 bits per heavy atom. The number of H-pyrrole nitrogens is 1. The van der Waals surface area contributed by atoms with Crippen LogP contribution in [-0.4, -0.2) is 22.4 Å². The zero-order chi connectivity index (χ0) is 22.7. The number of fused-ring (bicyclic) bond motifs is 1. The monoisotopic (exact) mass is 452 g/mol. The molecule has 2 heterocycles. The van der Waals surface area contributed by atoms with Crippen LogP contribution in [0.3, 0.4) is 0 Å². The van der Waals surface area contributed by atoms with Gasteiger partial charge in [-0.25, -0.2) is 9.37 Å². The van der Waals surface area contributed by atoms with Gasteiger partial charge in [0.25, 0.3) is 11.5 Å². The smallest absolute Gasteiger partial charge is 0.263 e. The number of nitrogen functional groups attached to an aromatic ring is 1. The molecule has 0 fully saturated rings. The summed E-state index contributed by atoms with van der Waals surface area (Å²) in [5.41, 5.74) is 8.98. The molecule has 0 aliphatic heterocycles. The SMILES string of the molecule is CCCNC(=O)c1c(N)c2cccc(-c3cc(OCc4cscn4)ccc3F)c2[nH]c1=O. The molecule has 4 N–H and O–H groups in total. The minimum Gasteiger partial charge on any atom is -0.487 e. The molecule has 9 heteroatoms. The number of ether oxygens (including phenoxy) is 1. The summed E-state index contributed by atoms with van der Waals surface area (Å²) in [6.45, 7) is 2.59. The fraction of sp³-hybridized carbons (Fsp3) is 0.174. The predicted molar refractivity (Wildman–Crippen MR) is 123 cm³/mol. The lowest BCUT2D eigenvalue weighted by Crippen LogP contribution is -2.31. The second-order valence-corrected chi connectivity index (χ2v) is 7.86. The number of nitrogens with two attached hydrogens (primary N) is 1. The number of carbonyl (C=O) groups is 1. The van der Waals surface area contributed by atoms with Crippen LogP contribution in [-0.2, 0) is 6.61 Å². The van der Waals surface area contributed by atoms with E-state index in [4.69, 9.17) is 10.5 Å². The van der Waals surface area contributed by atoms with E-state index >= 15 is 0 Å². The number of para-hydroxylation sites is 1. The van der Waals surface area contributed by atoms with Crippen LogP contribution in [0.4, 0.5) is 10.1 Å². The highest BCUT2D eigenvalue weighted by Gasteiger charge is 2.20. The van der Waals surface area contributed by atoms with Crippen molar-refractivity contribution in [2.24, 2.45) is 0 Å². The molecule has 4 aromatic rings. The maximum absolute atomic E-state index is 14.8. The lowest BCUT2D eigenvalue weighted by Gasteiger charge is -2.13. The van der Waals surface area contributed by atoms with E-state index in [9.17, 15) is 14.0 Å². The zero-order valence-electron chi connectivity index (χ0n) is 17.3. The second kappa shape index (κ2) is 9.19. The number of benzene rings is 2. The quantitative estimate of drug-likeness (QED) is 0.391. The molecule has 0 saturated carbocycles. The van der Waals surface area contributed by atoms with Gasteiger partial charge in [0.15, 0.2) is 0 Å². The lowest BCUT2D eigenvalue weighted by molar-refractivity contribution is 0.0953. The normalized spacial score (nSPS) is 10.9. The molecule has 0 bridgehead atoms. The largest absolute Gasteiger partial charge is 0.487 e. The first kappa shape index (κ1) is 21.5. The average molecular weight is 453 g/mol. The number of anilines is 1. The van der Waals surface area contributed by atoms with Gasteiger partial charge in [-0.3, -0.25) is 9.59 Å². The van der Waals surface area contributed by atoms with E-state index in [1.807, 2.05) is 12.3 Å². The first-order chi connectivity index (χ1) is 15.5. The summed E-state index contributed by atoms with van der Waals surface area (Å²) in [4.78, 5) is 32.0. The third-order valence-electron chi connectivity index (χ3n) is 4.95. The summed E-state index contributed by atoms with van der Waals surface area (Å²) < 4.78 is 20.5. The van der Waals surface area contributed by atoms with Gasteiger partial charge in [-0.2, -0.15) is 0 Å². The molecule has 0 atom stereocenters. The fourth-order valence-corrected chi connectivity index (χ4v) is 3.93. The molecule has 0 spiro atoms. The van der Waals surface area contributed by atoms with Crippen LogP contribution in [0.15, 0.2) is 52.1 Å². The number of carbonyl (C=O) groups excluding carboxylic acids is 1. The van der Waals surface area contributed by atoms with Crippen LogP contribution in [0, 0.1) is 5.82 Å². The number of thiazole rings is 1. The lowest BCUT2D eigenvalue weighted by atomic mass is 9.99. The number of amides is 1. The van der Waals surface area contributed by atoms with E-state index in [2.05, 4.69) is 15.3 Å². The molecular formula is C23H21FN4O3S. The summed E-state index contributed by atoms with van der Waals surface area (Å²) >= 11 is 1.46. The average Bonchev–Trinajstić information content (AvgIpc) is 3.31. The van der Waals surface area contributed by atoms with Gasteiger partial charge >= 0.3 is 0 Å². The van der Waals surface area contributed by atoms with Crippen molar-refractivity contribution in [1.29, 1.82) is 0 Å². The Labute approximate surface area is 187 Å². The molecule has 0 aliphatic carbocycles. The van der Waals surface area contributed by atoms with E-state index in [0.717, 1.165) is 12.1 Å². The molecule has 2 aromatic heterocycles. The number of pyridine rings is 1. The van der Waals surface area contributed by atoms with Crippen molar-refractivity contribution >= 4 is 33.8 Å². The Bertz CT molecular complexity index is 1340. The molecule has 1 amide bonds. The fourth-order valence-electron chi connectivity index (χ4n) is 3.39. The maximum Gasteiger partial charge on any atom is 0.263 e. The van der Waals surface area contributed by atoms with Crippen molar-refractivity contribution in [2.75, 3.05) is 12.3 Å². The Kier molecular flexibility index (Phi) is 6.18. The maximum atomic E-state index is 14.8. The number of hydrogen-bond donors (Lipinski definition) is 3. The minimum atomic E-state index is -0.632. The second-order valence-electron chi connectivity index (χ2n) is 7.14. The number of nitrogens with zero attached hydrogens (tertiary/aromatic N) is 1. The molecule has 164 valence electrons. The van der Waals surface area contributed by atoms with Gasteiger partial charge in [-0.15, -0.1) is 11.3 Å². The van der Waals surface area contributed by atoms with E-state index in [0.29, 0.717) is 28.8 Å². The first-order valence-electron chi connectivity index (χ1n) is 10.0. The van der Waals surface area contributed by atoms with Gasteiger partial charge < -0.3 is 20.8 Å². The van der Waals surface area contributed by atoms with E-state index < -0.39 is 17.3 Å². The van der Waals surface area contributed by atoms with Gasteiger partial charge in [0.05, 0.1) is 22.4 Å². The summed E-state index contributed by atoms with van der Waals surface area (Å²) in [6, 6.07) is 9.45. The van der Waals surface area contributed by atoms with Crippen molar-refractivity contribution in [3.63, 3.8) is 0 Å². The topological polar surface area (TPSA) is 110 Å². The molecule has 0 saturated heterocycles. The molecule has 2 aromatic carbocycles. The summed E-state index contributed by atoms with van der Waals surface area (Å²) in [7, 11) is 0. The third-order valence-corrected chi connectivity index (χ3v) is 5.59. The van der Waals surface area contributed by atoms with Gasteiger partial charge in [0, 0.05) is 28.4 Å². The van der Waals surface area contributed by atoms with E-state index in [1.165, 1.54) is 23.5 Å². The Balaban J connectivity index is 1.77. The molecule has 0 radical (unpaired) electrons. The van der Waals surface area contributed by atoms with E-state index in [-0.39, 0.29) is 23.4 Å². The molecule has 7 nitrogen and oxygen atoms in total. The van der Waals surface area contributed by atoms with Gasteiger partial charge in [-0.1, -0.05) is 25.1 Å². The molecule has 0 aliphatic rings. The van der Waals surface area contributed by atoms with E-state index in [1.54, 1.807) is 29.8 Å². The number of halogens is 1. The highest BCUT2D eigenvalue weighted by molar-refractivity contribution is 7.07. The van der Waals surface area contributed by atoms with Crippen molar-refractivity contribution in [3.05, 3.63) is 74.7 Å². The van der Waals surface area contributed by atoms with Gasteiger partial charge in [0.1, 0.15) is 23.7 Å². The van der Waals surface area contributed by atoms with Crippen molar-refractivity contribution < 1.29 is 13.9 Å². The predicted octanol–water partition coefficient (Wildman–Crippen LogP) is 4.09. The van der Waals surface area contributed by atoms with Gasteiger partial charge in [-0.05, 0) is 24.6 Å². The van der Waals surface area contributed by atoms with Crippen LogP contribution in [0.25, 0.3) is 22.0 Å².